The number of hydrogen-bond acceptors (Lipinski definition) is 5. The number of nitrogens with zero attached hydrogens (tertiary/aromatic N) is 2. The number of thioether (sulfide) groups is 1. The molecule has 2 heterocycles. The van der Waals surface area contributed by atoms with Crippen LogP contribution in [0.25, 0.3) is 10.2 Å². The minimum absolute atomic E-state index is 0.00314. The molecule has 3 aromatic rings. The molecular formula is C24H26N2O2S2. The fourth-order valence-corrected chi connectivity index (χ4v) is 6.28. The number of aryl methyl sites for hydroxylation is 5. The number of benzene rings is 1. The van der Waals surface area contributed by atoms with Gasteiger partial charge >= 0.3 is 0 Å². The van der Waals surface area contributed by atoms with Gasteiger partial charge in [-0.15, -0.1) is 17.9 Å². The average Bonchev–Trinajstić information content (AvgIpc) is 3.09. The molecule has 156 valence electrons. The second-order valence-electron chi connectivity index (χ2n) is 7.95. The van der Waals surface area contributed by atoms with Gasteiger partial charge in [0, 0.05) is 17.0 Å². The van der Waals surface area contributed by atoms with Gasteiger partial charge in [-0.1, -0.05) is 23.9 Å². The maximum absolute atomic E-state index is 13.3. The zero-order valence-electron chi connectivity index (χ0n) is 17.7. The minimum atomic E-state index is -0.00314. The van der Waals surface area contributed by atoms with Crippen LogP contribution in [0.2, 0.25) is 0 Å². The van der Waals surface area contributed by atoms with Crippen LogP contribution in [0.4, 0.5) is 0 Å². The first-order valence-corrected chi connectivity index (χ1v) is 12.1. The third kappa shape index (κ3) is 3.79. The van der Waals surface area contributed by atoms with Gasteiger partial charge in [-0.2, -0.15) is 0 Å². The van der Waals surface area contributed by atoms with Gasteiger partial charge in [0.05, 0.1) is 11.1 Å². The summed E-state index contributed by atoms with van der Waals surface area (Å²) in [6.45, 7) is 10.2. The summed E-state index contributed by atoms with van der Waals surface area (Å²) in [5.41, 5.74) is 5.22. The lowest BCUT2D eigenvalue weighted by molar-refractivity contribution is 0.102. The number of Topliss-reactive ketones (excluding diaryl/α,β-unsaturated/α-hetero) is 1. The first-order valence-electron chi connectivity index (χ1n) is 10.3. The monoisotopic (exact) mass is 438 g/mol. The smallest absolute Gasteiger partial charge is 0.263 e. The number of aromatic nitrogens is 2. The number of fused-ring (bicyclic) bond motifs is 3. The standard InChI is InChI=1S/C24H26N2O2S2/c1-5-10-26-23(28)21-17-8-6-7-9-20(17)30-22(21)25-24(26)29-13-19(27)18-12-15(3)14(2)11-16(18)4/h5,11-12H,1,6-10,13H2,2-4H3. The van der Waals surface area contributed by atoms with Gasteiger partial charge in [-0.3, -0.25) is 14.2 Å². The van der Waals surface area contributed by atoms with Crippen LogP contribution < -0.4 is 5.56 Å². The van der Waals surface area contributed by atoms with Crippen molar-refractivity contribution in [3.05, 3.63) is 67.8 Å². The van der Waals surface area contributed by atoms with Gasteiger partial charge < -0.3 is 0 Å². The zero-order chi connectivity index (χ0) is 21.4. The summed E-state index contributed by atoms with van der Waals surface area (Å²) in [6, 6.07) is 4.02. The van der Waals surface area contributed by atoms with Crippen molar-refractivity contribution in [2.24, 2.45) is 0 Å². The molecule has 0 atom stereocenters. The Kier molecular flexibility index (Phi) is 5.98. The van der Waals surface area contributed by atoms with E-state index in [2.05, 4.69) is 19.6 Å². The van der Waals surface area contributed by atoms with Gasteiger partial charge in [0.2, 0.25) is 0 Å². The maximum Gasteiger partial charge on any atom is 0.263 e. The number of carbonyl (C=O) groups is 1. The Morgan fingerprint density at radius 3 is 2.70 bits per heavy atom. The van der Waals surface area contributed by atoms with E-state index in [0.29, 0.717) is 11.7 Å². The highest BCUT2D eigenvalue weighted by Crippen LogP contribution is 2.34. The molecule has 2 aromatic heterocycles. The van der Waals surface area contributed by atoms with Gasteiger partial charge in [-0.25, -0.2) is 4.98 Å². The summed E-state index contributed by atoms with van der Waals surface area (Å²) in [4.78, 5) is 33.2. The van der Waals surface area contributed by atoms with Crippen molar-refractivity contribution in [1.82, 2.24) is 9.55 Å². The molecule has 0 unspecified atom stereocenters. The summed E-state index contributed by atoms with van der Waals surface area (Å²) < 4.78 is 1.67. The first-order chi connectivity index (χ1) is 14.4. The number of carbonyl (C=O) groups excluding carboxylic acids is 1. The molecule has 0 N–H and O–H groups in total. The van der Waals surface area contributed by atoms with Gasteiger partial charge in [0.1, 0.15) is 4.83 Å². The average molecular weight is 439 g/mol. The highest BCUT2D eigenvalue weighted by molar-refractivity contribution is 7.99. The summed E-state index contributed by atoms with van der Waals surface area (Å²) in [5.74, 6) is 0.314. The minimum Gasteiger partial charge on any atom is -0.293 e. The number of thiophene rings is 1. The van der Waals surface area contributed by atoms with E-state index in [4.69, 9.17) is 4.98 Å². The molecule has 0 spiro atoms. The first kappa shape index (κ1) is 21.1. The lowest BCUT2D eigenvalue weighted by Gasteiger charge is -2.13. The second-order valence-corrected chi connectivity index (χ2v) is 9.98. The Morgan fingerprint density at radius 1 is 1.20 bits per heavy atom. The van der Waals surface area contributed by atoms with Crippen molar-refractivity contribution in [2.45, 2.75) is 58.2 Å². The fourth-order valence-electron chi connectivity index (χ4n) is 4.09. The largest absolute Gasteiger partial charge is 0.293 e. The van der Waals surface area contributed by atoms with E-state index in [9.17, 15) is 9.59 Å². The molecule has 4 nitrogen and oxygen atoms in total. The lowest BCUT2D eigenvalue weighted by atomic mass is 9.97. The molecule has 0 fully saturated rings. The SMILES string of the molecule is C=CCn1c(SCC(=O)c2cc(C)c(C)cc2C)nc2sc3c(c2c1=O)CCCC3. The molecule has 0 saturated heterocycles. The Bertz CT molecular complexity index is 1220. The Balaban J connectivity index is 1.69. The molecule has 1 aromatic carbocycles. The third-order valence-electron chi connectivity index (χ3n) is 5.82. The van der Waals surface area contributed by atoms with Crippen LogP contribution in [-0.2, 0) is 19.4 Å². The molecule has 1 aliphatic rings. The van der Waals surface area contributed by atoms with E-state index < -0.39 is 0 Å². The summed E-state index contributed by atoms with van der Waals surface area (Å²) in [7, 11) is 0. The zero-order valence-corrected chi connectivity index (χ0v) is 19.3. The van der Waals surface area contributed by atoms with E-state index in [1.165, 1.54) is 34.2 Å². The molecular weight excluding hydrogens is 412 g/mol. The van der Waals surface area contributed by atoms with Crippen molar-refractivity contribution < 1.29 is 4.79 Å². The normalized spacial score (nSPS) is 13.4. The van der Waals surface area contributed by atoms with E-state index >= 15 is 0 Å². The highest BCUT2D eigenvalue weighted by Gasteiger charge is 2.22. The molecule has 4 rings (SSSR count). The third-order valence-corrected chi connectivity index (χ3v) is 7.99. The van der Waals surface area contributed by atoms with Gasteiger partial charge in [0.15, 0.2) is 10.9 Å². The molecule has 6 heteroatoms. The summed E-state index contributed by atoms with van der Waals surface area (Å²) in [6.07, 6.45) is 6.00. The van der Waals surface area contributed by atoms with Crippen molar-refractivity contribution in [3.63, 3.8) is 0 Å². The van der Waals surface area contributed by atoms with Crippen molar-refractivity contribution in [2.75, 3.05) is 5.75 Å². The summed E-state index contributed by atoms with van der Waals surface area (Å²) >= 11 is 2.99. The molecule has 0 saturated carbocycles. The van der Waals surface area contributed by atoms with Crippen LogP contribution in [0.15, 0.2) is 34.7 Å². The second kappa shape index (κ2) is 8.52. The number of hydrogen-bond donors (Lipinski definition) is 0. The molecule has 30 heavy (non-hydrogen) atoms. The lowest BCUT2D eigenvalue weighted by Crippen LogP contribution is -2.23. The molecule has 0 radical (unpaired) electrons. The van der Waals surface area contributed by atoms with Crippen molar-refractivity contribution in [3.8, 4) is 0 Å². The molecule has 0 aliphatic heterocycles. The van der Waals surface area contributed by atoms with E-state index in [-0.39, 0.29) is 17.1 Å². The Morgan fingerprint density at radius 2 is 1.93 bits per heavy atom. The molecule has 0 bridgehead atoms. The number of ketones is 1. The van der Waals surface area contributed by atoms with Crippen LogP contribution in [0.5, 0.6) is 0 Å². The topological polar surface area (TPSA) is 52.0 Å². The quantitative estimate of drug-likeness (QED) is 0.223. The van der Waals surface area contributed by atoms with E-state index in [1.807, 2.05) is 19.9 Å². The van der Waals surface area contributed by atoms with Crippen LogP contribution in [0, 0.1) is 20.8 Å². The van der Waals surface area contributed by atoms with Gasteiger partial charge in [-0.05, 0) is 74.8 Å². The van der Waals surface area contributed by atoms with Crippen molar-refractivity contribution in [1.29, 1.82) is 0 Å². The number of rotatable bonds is 6. The fraction of sp³-hybridized carbons (Fsp3) is 0.375. The van der Waals surface area contributed by atoms with Crippen LogP contribution in [-0.4, -0.2) is 21.1 Å². The summed E-state index contributed by atoms with van der Waals surface area (Å²) in [5, 5.41) is 1.37. The predicted octanol–water partition coefficient (Wildman–Crippen LogP) is 5.42. The predicted molar refractivity (Wildman–Crippen MR) is 126 cm³/mol. The molecule has 1 aliphatic carbocycles. The van der Waals surface area contributed by atoms with E-state index in [0.717, 1.165) is 46.2 Å². The van der Waals surface area contributed by atoms with Crippen LogP contribution in [0.1, 0.15) is 50.3 Å². The molecule has 0 amide bonds. The van der Waals surface area contributed by atoms with Crippen molar-refractivity contribution >= 4 is 39.1 Å². The van der Waals surface area contributed by atoms with Gasteiger partial charge in [0.25, 0.3) is 5.56 Å². The number of allylic oxidation sites excluding steroid dienone is 1. The van der Waals surface area contributed by atoms with E-state index in [1.54, 1.807) is 22.0 Å². The highest BCUT2D eigenvalue weighted by atomic mass is 32.2. The maximum atomic E-state index is 13.3. The Hall–Kier alpha value is -2.18. The Labute approximate surface area is 185 Å². The van der Waals surface area contributed by atoms with Crippen LogP contribution in [0.3, 0.4) is 0 Å². The van der Waals surface area contributed by atoms with Crippen LogP contribution >= 0.6 is 23.1 Å².